The summed E-state index contributed by atoms with van der Waals surface area (Å²) in [4.78, 5) is 4.41. The number of fused-ring (bicyclic) bond motifs is 1. The monoisotopic (exact) mass is 350 g/mol. The summed E-state index contributed by atoms with van der Waals surface area (Å²) in [7, 11) is 1.68. The standard InChI is InChI=1S/C15H15BrN2OS/c1-19-11-4-2-9-6-13(15(17)12(9)7-11)20-14-5-3-10(16)8-18-14/h2-5,7-8,13,15H,6,17H2,1H3. The fourth-order valence-corrected chi connectivity index (χ4v) is 3.80. The molecule has 1 aromatic heterocycles. The highest BCUT2D eigenvalue weighted by Crippen LogP contribution is 2.40. The number of nitrogens with two attached hydrogens (primary N) is 1. The van der Waals surface area contributed by atoms with Crippen LogP contribution in [0.25, 0.3) is 0 Å². The lowest BCUT2D eigenvalue weighted by Gasteiger charge is -2.15. The van der Waals surface area contributed by atoms with Crippen molar-refractivity contribution in [1.29, 1.82) is 0 Å². The average molecular weight is 351 g/mol. The molecule has 0 saturated heterocycles. The second kappa shape index (κ2) is 5.76. The van der Waals surface area contributed by atoms with Gasteiger partial charge in [0.25, 0.3) is 0 Å². The molecule has 0 amide bonds. The molecule has 0 radical (unpaired) electrons. The molecule has 0 spiro atoms. The minimum absolute atomic E-state index is 0.0237. The van der Waals surface area contributed by atoms with Gasteiger partial charge in [-0.1, -0.05) is 6.07 Å². The van der Waals surface area contributed by atoms with Gasteiger partial charge in [0.1, 0.15) is 5.75 Å². The lowest BCUT2D eigenvalue weighted by Crippen LogP contribution is -2.19. The highest BCUT2D eigenvalue weighted by Gasteiger charge is 2.31. The van der Waals surface area contributed by atoms with Crippen molar-refractivity contribution < 1.29 is 4.74 Å². The minimum Gasteiger partial charge on any atom is -0.497 e. The van der Waals surface area contributed by atoms with E-state index in [0.717, 1.165) is 21.7 Å². The molecule has 1 aliphatic carbocycles. The van der Waals surface area contributed by atoms with Crippen LogP contribution < -0.4 is 10.5 Å². The zero-order chi connectivity index (χ0) is 14.1. The number of methoxy groups -OCH3 is 1. The molecule has 5 heteroatoms. The van der Waals surface area contributed by atoms with Crippen LogP contribution in [0.1, 0.15) is 17.2 Å². The van der Waals surface area contributed by atoms with Gasteiger partial charge in [-0.2, -0.15) is 0 Å². The molecule has 0 bridgehead atoms. The largest absolute Gasteiger partial charge is 0.497 e. The number of benzene rings is 1. The molecule has 2 aromatic rings. The van der Waals surface area contributed by atoms with E-state index in [9.17, 15) is 0 Å². The van der Waals surface area contributed by atoms with E-state index in [0.29, 0.717) is 5.25 Å². The van der Waals surface area contributed by atoms with Crippen LogP contribution in [0, 0.1) is 0 Å². The lowest BCUT2D eigenvalue weighted by atomic mass is 10.1. The maximum Gasteiger partial charge on any atom is 0.119 e. The number of nitrogens with zero attached hydrogens (tertiary/aromatic N) is 1. The van der Waals surface area contributed by atoms with Crippen LogP contribution in [-0.4, -0.2) is 17.3 Å². The first-order valence-corrected chi connectivity index (χ1v) is 8.05. The molecule has 104 valence electrons. The first kappa shape index (κ1) is 13.9. The lowest BCUT2D eigenvalue weighted by molar-refractivity contribution is 0.414. The molecule has 20 heavy (non-hydrogen) atoms. The normalized spacial score (nSPS) is 20.8. The summed E-state index contributed by atoms with van der Waals surface area (Å²) in [5, 5.41) is 1.33. The zero-order valence-corrected chi connectivity index (χ0v) is 13.4. The second-order valence-electron chi connectivity index (χ2n) is 4.77. The highest BCUT2D eigenvalue weighted by molar-refractivity contribution is 9.10. The fraction of sp³-hybridized carbons (Fsp3) is 0.267. The van der Waals surface area contributed by atoms with E-state index < -0.39 is 0 Å². The van der Waals surface area contributed by atoms with E-state index >= 15 is 0 Å². The van der Waals surface area contributed by atoms with Gasteiger partial charge in [-0.3, -0.25) is 0 Å². The number of thioether (sulfide) groups is 1. The van der Waals surface area contributed by atoms with Crippen LogP contribution in [0.4, 0.5) is 0 Å². The fourth-order valence-electron chi connectivity index (χ4n) is 2.44. The summed E-state index contributed by atoms with van der Waals surface area (Å²) in [6.45, 7) is 0. The Kier molecular flexibility index (Phi) is 4.01. The average Bonchev–Trinajstić information content (AvgIpc) is 2.77. The molecule has 3 nitrogen and oxygen atoms in total. The Morgan fingerprint density at radius 1 is 1.35 bits per heavy atom. The molecular weight excluding hydrogens is 336 g/mol. The number of ether oxygens (including phenoxy) is 1. The summed E-state index contributed by atoms with van der Waals surface area (Å²) in [5.41, 5.74) is 8.88. The Morgan fingerprint density at radius 3 is 2.90 bits per heavy atom. The Labute approximate surface area is 131 Å². The summed E-state index contributed by atoms with van der Waals surface area (Å²) < 4.78 is 6.27. The van der Waals surface area contributed by atoms with Gasteiger partial charge in [0.05, 0.1) is 12.1 Å². The Morgan fingerprint density at radius 2 is 2.20 bits per heavy atom. The van der Waals surface area contributed by atoms with Crippen LogP contribution in [-0.2, 0) is 6.42 Å². The number of pyridine rings is 1. The molecule has 0 aliphatic heterocycles. The van der Waals surface area contributed by atoms with Crippen LogP contribution in [0.3, 0.4) is 0 Å². The zero-order valence-electron chi connectivity index (χ0n) is 11.0. The maximum absolute atomic E-state index is 6.38. The van der Waals surface area contributed by atoms with Crippen LogP contribution >= 0.6 is 27.7 Å². The van der Waals surface area contributed by atoms with Gasteiger partial charge in [-0.15, -0.1) is 11.8 Å². The van der Waals surface area contributed by atoms with Gasteiger partial charge >= 0.3 is 0 Å². The summed E-state index contributed by atoms with van der Waals surface area (Å²) in [6.07, 6.45) is 2.79. The SMILES string of the molecule is COc1ccc2c(c1)C(N)C(Sc1ccc(Br)cn1)C2. The van der Waals surface area contributed by atoms with Crippen LogP contribution in [0.15, 0.2) is 46.0 Å². The van der Waals surface area contributed by atoms with Crippen molar-refractivity contribution in [2.75, 3.05) is 7.11 Å². The van der Waals surface area contributed by atoms with Gasteiger partial charge in [0.15, 0.2) is 0 Å². The van der Waals surface area contributed by atoms with Crippen LogP contribution in [0.2, 0.25) is 0 Å². The number of halogens is 1. The molecule has 2 unspecified atom stereocenters. The van der Waals surface area contributed by atoms with E-state index in [2.05, 4.69) is 33.0 Å². The summed E-state index contributed by atoms with van der Waals surface area (Å²) >= 11 is 5.14. The predicted molar refractivity (Wildman–Crippen MR) is 85.2 cm³/mol. The Bertz CT molecular complexity index is 618. The summed E-state index contributed by atoms with van der Waals surface area (Å²) in [5.74, 6) is 0.867. The van der Waals surface area contributed by atoms with E-state index in [4.69, 9.17) is 10.5 Å². The third-order valence-corrected chi connectivity index (χ3v) is 5.22. The topological polar surface area (TPSA) is 48.1 Å². The van der Waals surface area contributed by atoms with Crippen molar-refractivity contribution in [2.24, 2.45) is 5.73 Å². The van der Waals surface area contributed by atoms with Gasteiger partial charge in [-0.25, -0.2) is 4.98 Å². The highest BCUT2D eigenvalue weighted by atomic mass is 79.9. The first-order valence-electron chi connectivity index (χ1n) is 6.38. The van der Waals surface area contributed by atoms with Crippen LogP contribution in [0.5, 0.6) is 5.75 Å². The quantitative estimate of drug-likeness (QED) is 0.919. The van der Waals surface area contributed by atoms with Crippen molar-refractivity contribution in [2.45, 2.75) is 22.7 Å². The van der Waals surface area contributed by atoms with Crippen molar-refractivity contribution in [3.63, 3.8) is 0 Å². The molecule has 1 aliphatic rings. The van der Waals surface area contributed by atoms with Gasteiger partial charge in [0, 0.05) is 22.0 Å². The predicted octanol–water partition coefficient (Wildman–Crippen LogP) is 3.57. The first-order chi connectivity index (χ1) is 9.67. The Balaban J connectivity index is 1.79. The molecule has 2 atom stereocenters. The van der Waals surface area contributed by atoms with Gasteiger partial charge in [0.2, 0.25) is 0 Å². The number of rotatable bonds is 3. The van der Waals surface area contributed by atoms with E-state index in [1.165, 1.54) is 11.1 Å². The number of aromatic nitrogens is 1. The molecule has 2 N–H and O–H groups in total. The summed E-state index contributed by atoms with van der Waals surface area (Å²) in [6, 6.07) is 10.2. The van der Waals surface area contributed by atoms with E-state index in [1.54, 1.807) is 18.9 Å². The molecule has 1 aromatic carbocycles. The second-order valence-corrected chi connectivity index (χ2v) is 6.94. The maximum atomic E-state index is 6.38. The molecule has 3 rings (SSSR count). The molecular formula is C15H15BrN2OS. The molecule has 0 fully saturated rings. The van der Waals surface area contributed by atoms with E-state index in [-0.39, 0.29) is 6.04 Å². The minimum atomic E-state index is 0.0237. The van der Waals surface area contributed by atoms with E-state index in [1.807, 2.05) is 24.4 Å². The van der Waals surface area contributed by atoms with Crippen molar-refractivity contribution in [3.05, 3.63) is 52.1 Å². The van der Waals surface area contributed by atoms with Crippen molar-refractivity contribution in [1.82, 2.24) is 4.98 Å². The third-order valence-electron chi connectivity index (χ3n) is 3.51. The third kappa shape index (κ3) is 2.71. The van der Waals surface area contributed by atoms with Gasteiger partial charge in [-0.05, 0) is 57.7 Å². The number of hydrogen-bond donors (Lipinski definition) is 1. The Hall–Kier alpha value is -1.04. The number of hydrogen-bond acceptors (Lipinski definition) is 4. The van der Waals surface area contributed by atoms with Crippen molar-refractivity contribution >= 4 is 27.7 Å². The smallest absolute Gasteiger partial charge is 0.119 e. The van der Waals surface area contributed by atoms with Crippen molar-refractivity contribution in [3.8, 4) is 5.75 Å². The van der Waals surface area contributed by atoms with Gasteiger partial charge < -0.3 is 10.5 Å². The molecule has 0 saturated carbocycles. The molecule has 1 heterocycles.